The molecule has 3 rings (SSSR count). The largest absolute Gasteiger partial charge is 0.389 e. The van der Waals surface area contributed by atoms with Gasteiger partial charge >= 0.3 is 0 Å². The van der Waals surface area contributed by atoms with E-state index in [0.29, 0.717) is 18.8 Å². The van der Waals surface area contributed by atoms with E-state index in [1.807, 2.05) is 29.2 Å². The Morgan fingerprint density at radius 1 is 1.09 bits per heavy atom. The lowest BCUT2D eigenvalue weighted by Crippen LogP contribution is -2.33. The number of rotatable bonds is 2. The third-order valence-corrected chi connectivity index (χ3v) is 3.70. The van der Waals surface area contributed by atoms with Crippen LogP contribution in [0.4, 0.5) is 11.5 Å². The predicted octanol–water partition coefficient (Wildman–Crippen LogP) is 1.04. The molecule has 0 unspecified atom stereocenters. The molecule has 0 radical (unpaired) electrons. The van der Waals surface area contributed by atoms with Gasteiger partial charge in [-0.15, -0.1) is 0 Å². The van der Waals surface area contributed by atoms with Crippen molar-refractivity contribution >= 4 is 11.5 Å². The van der Waals surface area contributed by atoms with E-state index >= 15 is 0 Å². The van der Waals surface area contributed by atoms with Crippen molar-refractivity contribution in [1.82, 2.24) is 9.97 Å². The van der Waals surface area contributed by atoms with E-state index in [2.05, 4.69) is 20.9 Å². The summed E-state index contributed by atoms with van der Waals surface area (Å²) in [5.41, 5.74) is 1.44. The van der Waals surface area contributed by atoms with Gasteiger partial charge in [-0.2, -0.15) is 5.26 Å². The van der Waals surface area contributed by atoms with E-state index in [9.17, 15) is 5.11 Å². The summed E-state index contributed by atoms with van der Waals surface area (Å²) in [7, 11) is 0. The van der Waals surface area contributed by atoms with Crippen LogP contribution in [0.25, 0.3) is 0 Å². The maximum Gasteiger partial charge on any atom is 0.142 e. The molecule has 1 N–H and O–H groups in total. The number of aliphatic hydroxyl groups excluding tert-OH is 1. The molecule has 0 saturated carbocycles. The second kappa shape index (κ2) is 6.41. The molecule has 112 valence electrons. The number of hydrogen-bond acceptors (Lipinski definition) is 6. The maximum absolute atomic E-state index is 10.3. The van der Waals surface area contributed by atoms with Crippen LogP contribution >= 0.6 is 0 Å². The van der Waals surface area contributed by atoms with Crippen LogP contribution in [-0.2, 0) is 0 Å². The molecule has 2 aromatic heterocycles. The SMILES string of the molecule is N#Cc1cccc(N2CCN(c3ccncc3)C[C@H](O)C2)n1. The van der Waals surface area contributed by atoms with Gasteiger partial charge in [0.15, 0.2) is 0 Å². The van der Waals surface area contributed by atoms with Crippen molar-refractivity contribution in [3.05, 3.63) is 48.4 Å². The molecule has 1 saturated heterocycles. The summed E-state index contributed by atoms with van der Waals surface area (Å²) in [6.07, 6.45) is 3.02. The summed E-state index contributed by atoms with van der Waals surface area (Å²) in [5.74, 6) is 0.731. The average Bonchev–Trinajstić information content (AvgIpc) is 2.77. The fourth-order valence-electron chi connectivity index (χ4n) is 2.65. The molecule has 1 atom stereocenters. The predicted molar refractivity (Wildman–Crippen MR) is 83.6 cm³/mol. The fourth-order valence-corrected chi connectivity index (χ4v) is 2.65. The number of anilines is 2. The molecule has 1 fully saturated rings. The lowest BCUT2D eigenvalue weighted by molar-refractivity contribution is 0.191. The molecular formula is C16H17N5O. The van der Waals surface area contributed by atoms with Gasteiger partial charge < -0.3 is 14.9 Å². The minimum atomic E-state index is -0.483. The van der Waals surface area contributed by atoms with Crippen LogP contribution in [0.5, 0.6) is 0 Å². The lowest BCUT2D eigenvalue weighted by atomic mass is 10.3. The highest BCUT2D eigenvalue weighted by molar-refractivity contribution is 5.47. The second-order valence-corrected chi connectivity index (χ2v) is 5.24. The van der Waals surface area contributed by atoms with E-state index in [1.165, 1.54) is 0 Å². The van der Waals surface area contributed by atoms with Crippen molar-refractivity contribution in [2.75, 3.05) is 36.0 Å². The van der Waals surface area contributed by atoms with Crippen LogP contribution < -0.4 is 9.80 Å². The zero-order chi connectivity index (χ0) is 15.4. The van der Waals surface area contributed by atoms with E-state index < -0.39 is 6.10 Å². The van der Waals surface area contributed by atoms with Gasteiger partial charge in [-0.25, -0.2) is 4.98 Å². The highest BCUT2D eigenvalue weighted by Gasteiger charge is 2.22. The number of nitrogens with zero attached hydrogens (tertiary/aromatic N) is 5. The summed E-state index contributed by atoms with van der Waals surface area (Å²) >= 11 is 0. The van der Waals surface area contributed by atoms with Gasteiger partial charge in [0.2, 0.25) is 0 Å². The number of aliphatic hydroxyl groups is 1. The second-order valence-electron chi connectivity index (χ2n) is 5.24. The molecule has 1 aliphatic rings. The third-order valence-electron chi connectivity index (χ3n) is 3.70. The standard InChI is InChI=1S/C16H17N5O/c17-10-13-2-1-3-16(19-13)21-9-8-20(11-15(22)12-21)14-4-6-18-7-5-14/h1-7,15,22H,8-9,11-12H2/t15-/m0/s1. The first kappa shape index (κ1) is 14.3. The van der Waals surface area contributed by atoms with Crippen molar-refractivity contribution in [3.63, 3.8) is 0 Å². The Morgan fingerprint density at radius 2 is 1.82 bits per heavy atom. The normalized spacial score (nSPS) is 18.6. The molecule has 3 heterocycles. The van der Waals surface area contributed by atoms with Gasteiger partial charge in [-0.3, -0.25) is 4.98 Å². The van der Waals surface area contributed by atoms with Crippen molar-refractivity contribution in [2.45, 2.75) is 6.10 Å². The quantitative estimate of drug-likeness (QED) is 0.892. The highest BCUT2D eigenvalue weighted by atomic mass is 16.3. The van der Waals surface area contributed by atoms with Crippen LogP contribution in [-0.4, -0.2) is 47.4 Å². The Hall–Kier alpha value is -2.65. The Bertz CT molecular complexity index is 670. The van der Waals surface area contributed by atoms with Crippen molar-refractivity contribution in [2.24, 2.45) is 0 Å². The van der Waals surface area contributed by atoms with Crippen molar-refractivity contribution in [3.8, 4) is 6.07 Å². The molecule has 0 aliphatic carbocycles. The van der Waals surface area contributed by atoms with Crippen LogP contribution in [0.3, 0.4) is 0 Å². The van der Waals surface area contributed by atoms with E-state index in [-0.39, 0.29) is 0 Å². The number of pyridine rings is 2. The zero-order valence-electron chi connectivity index (χ0n) is 12.1. The molecule has 0 spiro atoms. The van der Waals surface area contributed by atoms with Gasteiger partial charge in [0.25, 0.3) is 0 Å². The van der Waals surface area contributed by atoms with E-state index in [0.717, 1.165) is 24.6 Å². The van der Waals surface area contributed by atoms with Crippen molar-refractivity contribution < 1.29 is 5.11 Å². The Kier molecular flexibility index (Phi) is 4.17. The topological polar surface area (TPSA) is 76.3 Å². The first-order valence-corrected chi connectivity index (χ1v) is 7.21. The number of hydrogen-bond donors (Lipinski definition) is 1. The fraction of sp³-hybridized carbons (Fsp3) is 0.312. The molecular weight excluding hydrogens is 278 g/mol. The number of nitriles is 1. The smallest absolute Gasteiger partial charge is 0.142 e. The summed E-state index contributed by atoms with van der Waals surface area (Å²) in [6.45, 7) is 2.59. The summed E-state index contributed by atoms with van der Waals surface area (Å²) in [6, 6.07) is 11.3. The molecule has 22 heavy (non-hydrogen) atoms. The Morgan fingerprint density at radius 3 is 2.59 bits per heavy atom. The molecule has 0 bridgehead atoms. The van der Waals surface area contributed by atoms with Crippen molar-refractivity contribution in [1.29, 1.82) is 5.26 Å². The Labute approximate surface area is 129 Å². The zero-order valence-corrected chi connectivity index (χ0v) is 12.1. The number of β-amino-alcohol motifs (C(OH)–C–C–N with tert-alkyl or cyclic N) is 1. The van der Waals surface area contributed by atoms with Crippen LogP contribution in [0, 0.1) is 11.3 Å². The average molecular weight is 295 g/mol. The third kappa shape index (κ3) is 3.15. The molecule has 0 amide bonds. The summed E-state index contributed by atoms with van der Waals surface area (Å²) in [5, 5.41) is 19.3. The summed E-state index contributed by atoms with van der Waals surface area (Å²) in [4.78, 5) is 12.5. The highest BCUT2D eigenvalue weighted by Crippen LogP contribution is 2.18. The molecule has 2 aromatic rings. The van der Waals surface area contributed by atoms with Gasteiger partial charge in [0.1, 0.15) is 17.6 Å². The minimum Gasteiger partial charge on any atom is -0.389 e. The van der Waals surface area contributed by atoms with Gasteiger partial charge in [0.05, 0.1) is 6.10 Å². The summed E-state index contributed by atoms with van der Waals surface area (Å²) < 4.78 is 0. The molecule has 6 nitrogen and oxygen atoms in total. The minimum absolute atomic E-state index is 0.391. The Balaban J connectivity index is 1.78. The van der Waals surface area contributed by atoms with Gasteiger partial charge in [-0.1, -0.05) is 6.07 Å². The van der Waals surface area contributed by atoms with Gasteiger partial charge in [-0.05, 0) is 24.3 Å². The molecule has 0 aromatic carbocycles. The first-order chi connectivity index (χ1) is 10.8. The monoisotopic (exact) mass is 295 g/mol. The maximum atomic E-state index is 10.3. The van der Waals surface area contributed by atoms with E-state index in [4.69, 9.17) is 5.26 Å². The molecule has 1 aliphatic heterocycles. The lowest BCUT2D eigenvalue weighted by Gasteiger charge is -2.23. The van der Waals surface area contributed by atoms with Crippen LogP contribution in [0.2, 0.25) is 0 Å². The van der Waals surface area contributed by atoms with Crippen LogP contribution in [0.1, 0.15) is 5.69 Å². The van der Waals surface area contributed by atoms with Crippen LogP contribution in [0.15, 0.2) is 42.7 Å². The number of aromatic nitrogens is 2. The first-order valence-electron chi connectivity index (χ1n) is 7.21. The van der Waals surface area contributed by atoms with Gasteiger partial charge in [0, 0.05) is 44.3 Å². The molecule has 6 heteroatoms. The van der Waals surface area contributed by atoms with E-state index in [1.54, 1.807) is 18.5 Å².